The fraction of sp³-hybridized carbons (Fsp3) is 0.259. The number of amides is 1. The second-order valence-corrected chi connectivity index (χ2v) is 7.90. The Labute approximate surface area is 199 Å². The van der Waals surface area contributed by atoms with Gasteiger partial charge in [0.05, 0.1) is 23.4 Å². The maximum Gasteiger partial charge on any atom is 0.246 e. The van der Waals surface area contributed by atoms with E-state index in [4.69, 9.17) is 9.84 Å². The molecule has 2 atom stereocenters. The Morgan fingerprint density at radius 3 is 2.47 bits per heavy atom. The summed E-state index contributed by atoms with van der Waals surface area (Å²) in [6, 6.07) is 19.5. The third kappa shape index (κ3) is 5.43. The van der Waals surface area contributed by atoms with E-state index in [0.29, 0.717) is 5.75 Å². The van der Waals surface area contributed by atoms with E-state index in [1.54, 1.807) is 23.0 Å². The van der Waals surface area contributed by atoms with Crippen LogP contribution in [0.4, 0.5) is 4.39 Å². The van der Waals surface area contributed by atoms with E-state index in [1.807, 2.05) is 49.4 Å². The number of nitrogens with one attached hydrogen (secondary N) is 1. The summed E-state index contributed by atoms with van der Waals surface area (Å²) in [5, 5.41) is 17.2. The fourth-order valence-electron chi connectivity index (χ4n) is 3.80. The topological polar surface area (TPSA) is 76.4 Å². The Kier molecular flexibility index (Phi) is 8.02. The first kappa shape index (κ1) is 24.9. The number of carbonyl (C=O) groups is 1. The number of nitrogens with zero attached hydrogens (tertiary/aromatic N) is 2. The number of aliphatic hydroxyl groups excluding tert-OH is 1. The lowest BCUT2D eigenvalue weighted by Gasteiger charge is -2.26. The highest BCUT2D eigenvalue weighted by Gasteiger charge is 2.23. The largest absolute Gasteiger partial charge is 0.484 e. The zero-order chi connectivity index (χ0) is 23.4. The van der Waals surface area contributed by atoms with E-state index in [2.05, 4.69) is 17.3 Å². The number of rotatable bonds is 8. The molecule has 3 aromatic carbocycles. The molecule has 0 aliphatic heterocycles. The van der Waals surface area contributed by atoms with Crippen LogP contribution in [-0.2, 0) is 11.2 Å². The van der Waals surface area contributed by atoms with Gasteiger partial charge in [-0.1, -0.05) is 38.6 Å². The van der Waals surface area contributed by atoms with Crippen molar-refractivity contribution in [2.45, 2.75) is 39.8 Å². The van der Waals surface area contributed by atoms with Gasteiger partial charge in [0.2, 0.25) is 5.91 Å². The molecule has 1 amide bonds. The molecule has 1 aromatic heterocycles. The van der Waals surface area contributed by atoms with Gasteiger partial charge in [0, 0.05) is 5.39 Å². The van der Waals surface area contributed by atoms with E-state index in [-0.39, 0.29) is 19.3 Å². The molecule has 2 N–H and O–H groups in total. The van der Waals surface area contributed by atoms with Crippen LogP contribution in [0.3, 0.4) is 0 Å². The van der Waals surface area contributed by atoms with Crippen LogP contribution in [0.25, 0.3) is 16.6 Å². The maximum absolute atomic E-state index is 13.3. The molecule has 7 heteroatoms. The van der Waals surface area contributed by atoms with Crippen LogP contribution in [-0.4, -0.2) is 33.4 Å². The number of carbonyl (C=O) groups excluding carboxylic acids is 1. The SMILES string of the molecule is C.CCc1ccc([C@@H](Oc2ccc3c(cnn3-c3ccc(F)cc3)c2)[C@H](C)NC(=O)CO)cc1. The highest BCUT2D eigenvalue weighted by Crippen LogP contribution is 2.29. The van der Waals surface area contributed by atoms with Gasteiger partial charge in [0.15, 0.2) is 0 Å². The van der Waals surface area contributed by atoms with Crippen molar-refractivity contribution >= 4 is 16.8 Å². The first-order valence-corrected chi connectivity index (χ1v) is 10.9. The normalized spacial score (nSPS) is 12.6. The number of ether oxygens (including phenoxy) is 1. The number of aliphatic hydroxyl groups is 1. The molecule has 0 aliphatic carbocycles. The molecule has 34 heavy (non-hydrogen) atoms. The average Bonchev–Trinajstić information content (AvgIpc) is 3.26. The second kappa shape index (κ2) is 10.9. The zero-order valence-electron chi connectivity index (χ0n) is 18.5. The van der Waals surface area contributed by atoms with Gasteiger partial charge >= 0.3 is 0 Å². The summed E-state index contributed by atoms with van der Waals surface area (Å²) in [6.45, 7) is 3.35. The van der Waals surface area contributed by atoms with Crippen molar-refractivity contribution in [3.63, 3.8) is 0 Å². The van der Waals surface area contributed by atoms with Crippen molar-refractivity contribution in [1.82, 2.24) is 15.1 Å². The summed E-state index contributed by atoms with van der Waals surface area (Å²) in [6.07, 6.45) is 2.20. The Morgan fingerprint density at radius 1 is 1.12 bits per heavy atom. The Hall–Kier alpha value is -3.71. The molecule has 0 spiro atoms. The minimum atomic E-state index is -0.583. The smallest absolute Gasteiger partial charge is 0.246 e. The molecule has 0 fully saturated rings. The highest BCUT2D eigenvalue weighted by atomic mass is 19.1. The Bertz CT molecular complexity index is 1240. The van der Waals surface area contributed by atoms with Gasteiger partial charge in [-0.25, -0.2) is 9.07 Å². The lowest BCUT2D eigenvalue weighted by Crippen LogP contribution is -2.40. The molecule has 0 unspecified atom stereocenters. The summed E-state index contributed by atoms with van der Waals surface area (Å²) < 4.78 is 21.4. The highest BCUT2D eigenvalue weighted by molar-refractivity contribution is 5.81. The van der Waals surface area contributed by atoms with Gasteiger partial charge in [-0.2, -0.15) is 5.10 Å². The minimum Gasteiger partial charge on any atom is -0.484 e. The molecule has 178 valence electrons. The van der Waals surface area contributed by atoms with Gasteiger partial charge in [-0.15, -0.1) is 0 Å². The number of hydrogen-bond acceptors (Lipinski definition) is 4. The fourth-order valence-corrected chi connectivity index (χ4v) is 3.80. The summed E-state index contributed by atoms with van der Waals surface area (Å²) >= 11 is 0. The summed E-state index contributed by atoms with van der Waals surface area (Å²) in [5.41, 5.74) is 3.74. The summed E-state index contributed by atoms with van der Waals surface area (Å²) in [5.74, 6) is -0.139. The minimum absolute atomic E-state index is 0. The van der Waals surface area contributed by atoms with Gasteiger partial charge in [-0.05, 0) is 66.9 Å². The van der Waals surface area contributed by atoms with Crippen molar-refractivity contribution in [3.05, 3.63) is 89.9 Å². The van der Waals surface area contributed by atoms with Crippen LogP contribution in [0.1, 0.15) is 38.5 Å². The third-order valence-corrected chi connectivity index (χ3v) is 5.58. The molecule has 0 aliphatic rings. The number of aryl methyl sites for hydroxylation is 1. The zero-order valence-corrected chi connectivity index (χ0v) is 18.5. The molecule has 0 radical (unpaired) electrons. The average molecular weight is 464 g/mol. The molecule has 0 bridgehead atoms. The van der Waals surface area contributed by atoms with E-state index >= 15 is 0 Å². The lowest BCUT2D eigenvalue weighted by molar-refractivity contribution is -0.125. The van der Waals surface area contributed by atoms with Gasteiger partial charge < -0.3 is 15.2 Å². The van der Waals surface area contributed by atoms with Crippen LogP contribution in [0, 0.1) is 5.82 Å². The monoisotopic (exact) mass is 463 g/mol. The number of fused-ring (bicyclic) bond motifs is 1. The maximum atomic E-state index is 13.3. The van der Waals surface area contributed by atoms with Crippen LogP contribution in [0.2, 0.25) is 0 Å². The van der Waals surface area contributed by atoms with Crippen molar-refractivity contribution < 1.29 is 19.0 Å². The predicted octanol–water partition coefficient (Wildman–Crippen LogP) is 4.98. The number of halogens is 1. The molecule has 0 saturated heterocycles. The van der Waals surface area contributed by atoms with Crippen LogP contribution in [0.5, 0.6) is 5.75 Å². The molecule has 4 rings (SSSR count). The van der Waals surface area contributed by atoms with E-state index in [9.17, 15) is 9.18 Å². The van der Waals surface area contributed by atoms with Crippen LogP contribution < -0.4 is 10.1 Å². The van der Waals surface area contributed by atoms with Crippen LogP contribution in [0.15, 0.2) is 72.9 Å². The van der Waals surface area contributed by atoms with E-state index < -0.39 is 18.6 Å². The number of benzene rings is 3. The summed E-state index contributed by atoms with van der Waals surface area (Å²) in [7, 11) is 0. The van der Waals surface area contributed by atoms with E-state index in [1.165, 1.54) is 17.7 Å². The van der Waals surface area contributed by atoms with Gasteiger partial charge in [0.25, 0.3) is 0 Å². The molecule has 1 heterocycles. The number of aromatic nitrogens is 2. The molecule has 0 saturated carbocycles. The Morgan fingerprint density at radius 2 is 1.82 bits per heavy atom. The molecule has 4 aromatic rings. The van der Waals surface area contributed by atoms with Crippen LogP contribution >= 0.6 is 0 Å². The number of hydrogen-bond donors (Lipinski definition) is 2. The molecular formula is C27H30FN3O3. The second-order valence-electron chi connectivity index (χ2n) is 7.90. The predicted molar refractivity (Wildman–Crippen MR) is 132 cm³/mol. The van der Waals surface area contributed by atoms with Gasteiger partial charge in [-0.3, -0.25) is 4.79 Å². The molecular weight excluding hydrogens is 433 g/mol. The van der Waals surface area contributed by atoms with Crippen molar-refractivity contribution in [3.8, 4) is 11.4 Å². The van der Waals surface area contributed by atoms with E-state index in [0.717, 1.165) is 28.6 Å². The summed E-state index contributed by atoms with van der Waals surface area (Å²) in [4.78, 5) is 11.8. The first-order valence-electron chi connectivity index (χ1n) is 10.9. The quantitative estimate of drug-likeness (QED) is 0.386. The Balaban J connectivity index is 0.00000324. The lowest BCUT2D eigenvalue weighted by atomic mass is 10.0. The van der Waals surface area contributed by atoms with Crippen molar-refractivity contribution in [1.29, 1.82) is 0 Å². The van der Waals surface area contributed by atoms with Crippen molar-refractivity contribution in [2.24, 2.45) is 0 Å². The first-order chi connectivity index (χ1) is 16.0. The third-order valence-electron chi connectivity index (χ3n) is 5.58. The van der Waals surface area contributed by atoms with Crippen molar-refractivity contribution in [2.75, 3.05) is 6.61 Å². The standard InChI is InChI=1S/C26H26FN3O3.CH4/c1-3-18-4-6-19(7-5-18)26(17(2)29-25(32)16-31)33-23-12-13-24-20(14-23)15-28-30(24)22-10-8-21(27)9-11-22;/h4-15,17,26,31H,3,16H2,1-2H3,(H,29,32);1H4/t17-,26-;/m0./s1. The molecule has 6 nitrogen and oxygen atoms in total. The van der Waals surface area contributed by atoms with Gasteiger partial charge in [0.1, 0.15) is 24.3 Å².